The quantitative estimate of drug-likeness (QED) is 0.643. The highest BCUT2D eigenvalue weighted by atomic mass is 16.1. The number of nitriles is 1. The van der Waals surface area contributed by atoms with Crippen molar-refractivity contribution in [1.29, 1.82) is 10.7 Å². The number of amidine groups is 1. The first kappa shape index (κ1) is 21.6. The summed E-state index contributed by atoms with van der Waals surface area (Å²) >= 11 is 0. The lowest BCUT2D eigenvalue weighted by Gasteiger charge is -2.39. The zero-order valence-electron chi connectivity index (χ0n) is 18.8. The number of piperidine rings is 1. The Morgan fingerprint density at radius 3 is 2.94 bits per heavy atom. The minimum Gasteiger partial charge on any atom is -0.356 e. The molecule has 0 unspecified atom stereocenters. The average molecular weight is 456 g/mol. The van der Waals surface area contributed by atoms with Gasteiger partial charge in [-0.3, -0.25) is 15.2 Å². The Hall–Kier alpha value is -4.23. The van der Waals surface area contributed by atoms with E-state index in [1.54, 1.807) is 12.3 Å². The summed E-state index contributed by atoms with van der Waals surface area (Å²) < 4.78 is 0. The van der Waals surface area contributed by atoms with Crippen molar-refractivity contribution in [3.05, 3.63) is 71.5 Å². The third kappa shape index (κ3) is 3.97. The van der Waals surface area contributed by atoms with E-state index in [4.69, 9.17) is 10.7 Å². The maximum absolute atomic E-state index is 12.7. The number of carbonyl (C=O) groups is 1. The molecule has 0 bridgehead atoms. The van der Waals surface area contributed by atoms with Gasteiger partial charge in [-0.2, -0.15) is 5.26 Å². The van der Waals surface area contributed by atoms with Gasteiger partial charge in [-0.15, -0.1) is 0 Å². The lowest BCUT2D eigenvalue weighted by Crippen LogP contribution is -2.51. The number of nitrogens with one attached hydrogen (secondary N) is 3. The highest BCUT2D eigenvalue weighted by Crippen LogP contribution is 2.38. The van der Waals surface area contributed by atoms with Gasteiger partial charge in [-0.1, -0.05) is 6.08 Å². The highest BCUT2D eigenvalue weighted by Gasteiger charge is 2.36. The number of hydrazine groups is 1. The maximum atomic E-state index is 12.7. The van der Waals surface area contributed by atoms with Crippen LogP contribution in [-0.2, 0) is 0 Å². The first-order chi connectivity index (χ1) is 16.5. The molecule has 0 atom stereocenters. The van der Waals surface area contributed by atoms with Crippen LogP contribution in [0.4, 0.5) is 11.5 Å². The van der Waals surface area contributed by atoms with E-state index in [0.29, 0.717) is 36.6 Å². The van der Waals surface area contributed by atoms with Crippen LogP contribution in [0.3, 0.4) is 0 Å². The summed E-state index contributed by atoms with van der Waals surface area (Å²) in [5.41, 5.74) is 2.47. The zero-order chi connectivity index (χ0) is 23.7. The largest absolute Gasteiger partial charge is 0.356 e. The van der Waals surface area contributed by atoms with Gasteiger partial charge in [0.15, 0.2) is 5.82 Å². The number of rotatable bonds is 3. The Balaban J connectivity index is 1.33. The Kier molecular flexibility index (Phi) is 5.69. The molecule has 172 valence electrons. The van der Waals surface area contributed by atoms with Gasteiger partial charge in [-0.25, -0.2) is 15.0 Å². The Bertz CT molecular complexity index is 1240. The molecule has 0 aromatic carbocycles. The molecule has 0 aliphatic carbocycles. The number of aromatic nitrogens is 2. The number of amides is 1. The Morgan fingerprint density at radius 1 is 1.32 bits per heavy atom. The number of fused-ring (bicyclic) bond motifs is 1. The van der Waals surface area contributed by atoms with Crippen LogP contribution < -0.4 is 15.6 Å². The summed E-state index contributed by atoms with van der Waals surface area (Å²) in [4.78, 5) is 23.1. The predicted molar refractivity (Wildman–Crippen MR) is 128 cm³/mol. The van der Waals surface area contributed by atoms with E-state index in [9.17, 15) is 4.79 Å². The lowest BCUT2D eigenvalue weighted by atomic mass is 10.1. The van der Waals surface area contributed by atoms with Crippen LogP contribution in [0.5, 0.6) is 0 Å². The van der Waals surface area contributed by atoms with E-state index < -0.39 is 0 Å². The fourth-order valence-corrected chi connectivity index (χ4v) is 4.41. The molecule has 1 amide bonds. The SMILES string of the molecule is CN1CC=C/C(=C2/Nc3cccnc3N2N2CCC(NC(=O)c3cncc(C#N)c3)CC2)C1=N. The van der Waals surface area contributed by atoms with Gasteiger partial charge in [0.2, 0.25) is 0 Å². The molecule has 0 saturated carbocycles. The second kappa shape index (κ2) is 8.96. The zero-order valence-corrected chi connectivity index (χ0v) is 18.8. The van der Waals surface area contributed by atoms with Crippen LogP contribution in [0.1, 0.15) is 28.8 Å². The third-order valence-electron chi connectivity index (χ3n) is 6.23. The van der Waals surface area contributed by atoms with Gasteiger partial charge in [-0.05, 0) is 37.1 Å². The third-order valence-corrected chi connectivity index (χ3v) is 6.23. The summed E-state index contributed by atoms with van der Waals surface area (Å²) in [5.74, 6) is 1.87. The summed E-state index contributed by atoms with van der Waals surface area (Å²) in [6, 6.07) is 7.46. The van der Waals surface area contributed by atoms with E-state index in [2.05, 4.69) is 36.7 Å². The molecule has 3 aliphatic rings. The molecular weight excluding hydrogens is 430 g/mol. The molecule has 10 heteroatoms. The molecule has 2 aromatic heterocycles. The average Bonchev–Trinajstić information content (AvgIpc) is 3.25. The molecule has 1 fully saturated rings. The molecule has 5 rings (SSSR count). The van der Waals surface area contributed by atoms with Gasteiger partial charge in [0.1, 0.15) is 17.7 Å². The van der Waals surface area contributed by atoms with Crippen LogP contribution in [0.2, 0.25) is 0 Å². The van der Waals surface area contributed by atoms with Crippen molar-refractivity contribution in [2.45, 2.75) is 18.9 Å². The van der Waals surface area contributed by atoms with Gasteiger partial charge >= 0.3 is 0 Å². The number of pyridine rings is 2. The molecular formula is C24H25N9O. The number of anilines is 2. The molecule has 3 aliphatic heterocycles. The molecule has 3 N–H and O–H groups in total. The van der Waals surface area contributed by atoms with Crippen LogP contribution in [-0.4, -0.2) is 64.3 Å². The van der Waals surface area contributed by atoms with E-state index in [0.717, 1.165) is 35.7 Å². The second-order valence-corrected chi connectivity index (χ2v) is 8.48. The van der Waals surface area contributed by atoms with Crippen molar-refractivity contribution in [3.63, 3.8) is 0 Å². The summed E-state index contributed by atoms with van der Waals surface area (Å²) in [6.45, 7) is 2.13. The van der Waals surface area contributed by atoms with Crippen molar-refractivity contribution in [1.82, 2.24) is 25.2 Å². The molecule has 5 heterocycles. The van der Waals surface area contributed by atoms with Crippen LogP contribution in [0.25, 0.3) is 0 Å². The number of hydrogen-bond acceptors (Lipinski definition) is 8. The van der Waals surface area contributed by atoms with Gasteiger partial charge < -0.3 is 15.5 Å². The summed E-state index contributed by atoms with van der Waals surface area (Å²) in [5, 5.41) is 28.5. The van der Waals surface area contributed by atoms with Crippen molar-refractivity contribution in [3.8, 4) is 6.07 Å². The van der Waals surface area contributed by atoms with E-state index in [1.807, 2.05) is 36.2 Å². The van der Waals surface area contributed by atoms with E-state index in [1.165, 1.54) is 12.4 Å². The van der Waals surface area contributed by atoms with Crippen LogP contribution >= 0.6 is 0 Å². The monoisotopic (exact) mass is 455 g/mol. The number of nitrogens with zero attached hydrogens (tertiary/aromatic N) is 6. The minimum absolute atomic E-state index is 0.0170. The maximum Gasteiger partial charge on any atom is 0.253 e. The highest BCUT2D eigenvalue weighted by molar-refractivity contribution is 6.02. The second-order valence-electron chi connectivity index (χ2n) is 8.48. The standard InChI is InChI=1S/C24H25N9O/c1-31-9-3-4-19(21(31)26)22-30-20-5-2-8-28-23(20)33(22)32-10-6-18(7-11-32)29-24(34)17-12-16(13-25)14-27-15-17/h2-5,8,12,14-15,18,26,30H,6-7,9-11H2,1H3,(H,29,34)/b22-19+,26-21?. The first-order valence-electron chi connectivity index (χ1n) is 11.2. The van der Waals surface area contributed by atoms with Crippen molar-refractivity contribution in [2.24, 2.45) is 0 Å². The van der Waals surface area contributed by atoms with Gasteiger partial charge in [0.25, 0.3) is 5.91 Å². The first-order valence-corrected chi connectivity index (χ1v) is 11.2. The molecule has 10 nitrogen and oxygen atoms in total. The normalized spacial score (nSPS) is 20.6. The Labute approximate surface area is 197 Å². The molecule has 2 aromatic rings. The fraction of sp³-hybridized carbons (Fsp3) is 0.292. The van der Waals surface area contributed by atoms with Gasteiger partial charge in [0, 0.05) is 51.3 Å². The Morgan fingerprint density at radius 2 is 2.15 bits per heavy atom. The van der Waals surface area contributed by atoms with E-state index >= 15 is 0 Å². The number of carbonyl (C=O) groups excluding carboxylic acids is 1. The summed E-state index contributed by atoms with van der Waals surface area (Å²) in [7, 11) is 1.91. The van der Waals surface area contributed by atoms with Crippen molar-refractivity contribution < 1.29 is 4.79 Å². The van der Waals surface area contributed by atoms with Crippen LogP contribution in [0, 0.1) is 16.7 Å². The fourth-order valence-electron chi connectivity index (χ4n) is 4.41. The van der Waals surface area contributed by atoms with Crippen molar-refractivity contribution in [2.75, 3.05) is 37.0 Å². The summed E-state index contributed by atoms with van der Waals surface area (Å²) in [6.07, 6.45) is 10.2. The van der Waals surface area contributed by atoms with Crippen LogP contribution in [0.15, 0.2) is 60.3 Å². The molecule has 1 saturated heterocycles. The molecule has 0 radical (unpaired) electrons. The predicted octanol–water partition coefficient (Wildman–Crippen LogP) is 2.08. The van der Waals surface area contributed by atoms with Gasteiger partial charge in [0.05, 0.1) is 22.4 Å². The number of hydrogen-bond donors (Lipinski definition) is 3. The number of likely N-dealkylation sites (N-methyl/N-ethyl adjacent to an activating group) is 1. The topological polar surface area (TPSA) is 124 Å². The lowest BCUT2D eigenvalue weighted by molar-refractivity contribution is 0.0909. The minimum atomic E-state index is -0.218. The molecule has 34 heavy (non-hydrogen) atoms. The molecule has 0 spiro atoms. The van der Waals surface area contributed by atoms with E-state index in [-0.39, 0.29) is 11.9 Å². The smallest absolute Gasteiger partial charge is 0.253 e. The van der Waals surface area contributed by atoms with Crippen molar-refractivity contribution >= 4 is 23.2 Å².